The number of hydrogen-bond acceptors (Lipinski definition) is 4. The van der Waals surface area contributed by atoms with Crippen LogP contribution in [0.2, 0.25) is 5.02 Å². The van der Waals surface area contributed by atoms with Gasteiger partial charge in [-0.3, -0.25) is 0 Å². The molecule has 0 bridgehead atoms. The van der Waals surface area contributed by atoms with Gasteiger partial charge in [0.2, 0.25) is 10.0 Å². The van der Waals surface area contributed by atoms with Gasteiger partial charge in [-0.15, -0.1) is 0 Å². The summed E-state index contributed by atoms with van der Waals surface area (Å²) >= 11 is 9.18. The molecular weight excluding hydrogens is 380 g/mol. The lowest BCUT2D eigenvalue weighted by atomic mass is 10.2. The fraction of sp³-hybridized carbons (Fsp3) is 0.231. The molecule has 0 saturated carbocycles. The van der Waals surface area contributed by atoms with Crippen molar-refractivity contribution >= 4 is 43.2 Å². The zero-order valence-corrected chi connectivity index (χ0v) is 14.6. The number of sulfonamides is 1. The van der Waals surface area contributed by atoms with Crippen LogP contribution < -0.4 is 5.73 Å². The van der Waals surface area contributed by atoms with Gasteiger partial charge in [-0.25, -0.2) is 8.42 Å². The Morgan fingerprint density at radius 1 is 1.38 bits per heavy atom. The van der Waals surface area contributed by atoms with Gasteiger partial charge < -0.3 is 10.2 Å². The predicted molar refractivity (Wildman–Crippen MR) is 85.7 cm³/mol. The van der Waals surface area contributed by atoms with Crippen LogP contribution >= 0.6 is 27.5 Å². The van der Waals surface area contributed by atoms with E-state index >= 15 is 0 Å². The Balaban J connectivity index is 2.33. The lowest BCUT2D eigenvalue weighted by Gasteiger charge is -2.17. The molecular formula is C13H14BrClN2O3S. The summed E-state index contributed by atoms with van der Waals surface area (Å²) in [6.07, 6.45) is 0. The van der Waals surface area contributed by atoms with Crippen molar-refractivity contribution < 1.29 is 12.8 Å². The standard InChI is InChI=1S/C13H14BrClN2O3S/c1-8-11(15)5-10(6-12(8)16)21(18,19)17(2)7-9-3-4-13(14)20-9/h3-6H,7,16H2,1-2H3. The number of hydrogen-bond donors (Lipinski definition) is 1. The fourth-order valence-corrected chi connectivity index (χ4v) is 3.58. The molecule has 1 aromatic heterocycles. The first-order chi connectivity index (χ1) is 9.71. The number of anilines is 1. The van der Waals surface area contributed by atoms with Gasteiger partial charge in [0.05, 0.1) is 11.4 Å². The SMILES string of the molecule is Cc1c(N)cc(S(=O)(=O)N(C)Cc2ccc(Br)o2)cc1Cl. The third-order valence-corrected chi connectivity index (χ3v) is 5.67. The molecule has 0 atom stereocenters. The highest BCUT2D eigenvalue weighted by Crippen LogP contribution is 2.28. The van der Waals surface area contributed by atoms with E-state index in [0.29, 0.717) is 26.7 Å². The first-order valence-electron chi connectivity index (χ1n) is 5.98. The van der Waals surface area contributed by atoms with Crippen LogP contribution in [0.15, 0.2) is 38.2 Å². The molecule has 0 aliphatic rings. The van der Waals surface area contributed by atoms with E-state index in [0.717, 1.165) is 0 Å². The molecule has 0 amide bonds. The lowest BCUT2D eigenvalue weighted by Crippen LogP contribution is -2.26. The summed E-state index contributed by atoms with van der Waals surface area (Å²) in [5.41, 5.74) is 6.79. The zero-order chi connectivity index (χ0) is 15.8. The van der Waals surface area contributed by atoms with Gasteiger partial charge in [-0.1, -0.05) is 11.6 Å². The van der Waals surface area contributed by atoms with Crippen LogP contribution in [0, 0.1) is 6.92 Å². The predicted octanol–water partition coefficient (Wildman–Crippen LogP) is 3.41. The first kappa shape index (κ1) is 16.4. The van der Waals surface area contributed by atoms with E-state index in [2.05, 4.69) is 15.9 Å². The van der Waals surface area contributed by atoms with Gasteiger partial charge in [0.25, 0.3) is 0 Å². The summed E-state index contributed by atoms with van der Waals surface area (Å²) in [6, 6.07) is 6.21. The Morgan fingerprint density at radius 2 is 2.05 bits per heavy atom. The molecule has 2 rings (SSSR count). The second kappa shape index (κ2) is 6.00. The zero-order valence-electron chi connectivity index (χ0n) is 11.4. The van der Waals surface area contributed by atoms with Crippen LogP contribution in [0.5, 0.6) is 0 Å². The molecule has 0 unspecified atom stereocenters. The average molecular weight is 394 g/mol. The number of halogens is 2. The van der Waals surface area contributed by atoms with Gasteiger partial charge >= 0.3 is 0 Å². The van der Waals surface area contributed by atoms with Crippen LogP contribution in [0.4, 0.5) is 5.69 Å². The van der Waals surface area contributed by atoms with E-state index in [9.17, 15) is 8.42 Å². The van der Waals surface area contributed by atoms with E-state index in [1.54, 1.807) is 19.1 Å². The highest BCUT2D eigenvalue weighted by atomic mass is 79.9. The third-order valence-electron chi connectivity index (χ3n) is 3.07. The summed E-state index contributed by atoms with van der Waals surface area (Å²) in [6.45, 7) is 1.84. The summed E-state index contributed by atoms with van der Waals surface area (Å²) in [5, 5.41) is 0.322. The number of nitrogens with two attached hydrogens (primary N) is 1. The number of nitrogens with zero attached hydrogens (tertiary/aromatic N) is 1. The topological polar surface area (TPSA) is 76.5 Å². The minimum Gasteiger partial charge on any atom is -0.453 e. The molecule has 0 aliphatic carbocycles. The van der Waals surface area contributed by atoms with Crippen molar-refractivity contribution in [3.63, 3.8) is 0 Å². The molecule has 1 heterocycles. The summed E-state index contributed by atoms with van der Waals surface area (Å²) < 4.78 is 32.1. The Kier molecular flexibility index (Phi) is 4.67. The van der Waals surface area contributed by atoms with Crippen LogP contribution in [0.3, 0.4) is 0 Å². The molecule has 8 heteroatoms. The number of furan rings is 1. The van der Waals surface area contributed by atoms with Crippen molar-refractivity contribution in [2.45, 2.75) is 18.4 Å². The summed E-state index contributed by atoms with van der Waals surface area (Å²) in [7, 11) is -2.23. The summed E-state index contributed by atoms with van der Waals surface area (Å²) in [4.78, 5) is 0.0590. The minimum absolute atomic E-state index is 0.0590. The average Bonchev–Trinajstić information content (AvgIpc) is 2.80. The van der Waals surface area contributed by atoms with Crippen LogP contribution in [-0.4, -0.2) is 19.8 Å². The first-order valence-corrected chi connectivity index (χ1v) is 8.59. The van der Waals surface area contributed by atoms with Crippen molar-refractivity contribution in [1.82, 2.24) is 4.31 Å². The monoisotopic (exact) mass is 392 g/mol. The van der Waals surface area contributed by atoms with Crippen molar-refractivity contribution in [2.24, 2.45) is 0 Å². The van der Waals surface area contributed by atoms with E-state index < -0.39 is 10.0 Å². The van der Waals surface area contributed by atoms with Crippen LogP contribution in [0.1, 0.15) is 11.3 Å². The van der Waals surface area contributed by atoms with Gasteiger partial charge in [0.1, 0.15) is 5.76 Å². The summed E-state index contributed by atoms with van der Waals surface area (Å²) in [5.74, 6) is 0.527. The van der Waals surface area contributed by atoms with Crippen LogP contribution in [0.25, 0.3) is 0 Å². The Bertz CT molecular complexity index is 750. The molecule has 2 N–H and O–H groups in total. The molecule has 5 nitrogen and oxygen atoms in total. The lowest BCUT2D eigenvalue weighted by molar-refractivity contribution is 0.398. The van der Waals surface area contributed by atoms with Gasteiger partial charge in [0.15, 0.2) is 4.67 Å². The molecule has 0 spiro atoms. The van der Waals surface area contributed by atoms with E-state index in [1.807, 2.05) is 0 Å². The molecule has 1 aromatic carbocycles. The molecule has 0 aliphatic heterocycles. The number of rotatable bonds is 4. The third kappa shape index (κ3) is 3.42. The van der Waals surface area contributed by atoms with Crippen molar-refractivity contribution in [1.29, 1.82) is 0 Å². The maximum atomic E-state index is 12.5. The largest absolute Gasteiger partial charge is 0.453 e. The molecule has 0 radical (unpaired) electrons. The molecule has 114 valence electrons. The molecule has 2 aromatic rings. The number of nitrogen functional groups attached to an aromatic ring is 1. The Morgan fingerprint density at radius 3 is 2.57 bits per heavy atom. The smallest absolute Gasteiger partial charge is 0.243 e. The van der Waals surface area contributed by atoms with E-state index in [1.165, 1.54) is 23.5 Å². The quantitative estimate of drug-likeness (QED) is 0.808. The van der Waals surface area contributed by atoms with Gasteiger partial charge in [0, 0.05) is 17.8 Å². The number of benzene rings is 1. The normalized spacial score (nSPS) is 12.0. The van der Waals surface area contributed by atoms with Crippen LogP contribution in [-0.2, 0) is 16.6 Å². The second-order valence-corrected chi connectivity index (χ2v) is 7.82. The Hall–Kier alpha value is -1.02. The fourth-order valence-electron chi connectivity index (χ4n) is 1.74. The van der Waals surface area contributed by atoms with Gasteiger partial charge in [-0.05, 0) is 52.7 Å². The maximum Gasteiger partial charge on any atom is 0.243 e. The minimum atomic E-state index is -3.70. The van der Waals surface area contributed by atoms with Gasteiger partial charge in [-0.2, -0.15) is 4.31 Å². The van der Waals surface area contributed by atoms with Crippen molar-refractivity contribution in [3.05, 3.63) is 45.3 Å². The second-order valence-electron chi connectivity index (χ2n) is 4.59. The van der Waals surface area contributed by atoms with E-state index in [4.69, 9.17) is 21.8 Å². The molecule has 0 fully saturated rings. The van der Waals surface area contributed by atoms with Crippen molar-refractivity contribution in [2.75, 3.05) is 12.8 Å². The highest BCUT2D eigenvalue weighted by Gasteiger charge is 2.23. The highest BCUT2D eigenvalue weighted by molar-refractivity contribution is 9.10. The molecule has 21 heavy (non-hydrogen) atoms. The Labute approximate surface area is 136 Å². The van der Waals surface area contributed by atoms with E-state index in [-0.39, 0.29) is 11.4 Å². The maximum absolute atomic E-state index is 12.5. The molecule has 0 saturated heterocycles. The van der Waals surface area contributed by atoms with Crippen molar-refractivity contribution in [3.8, 4) is 0 Å².